The first-order valence-corrected chi connectivity index (χ1v) is 5.52. The topological polar surface area (TPSA) is 41.3 Å². The number of fused-ring (bicyclic) bond motifs is 1. The largest absolute Gasteiger partial charge is 0.315 e. The van der Waals surface area contributed by atoms with Crippen LogP contribution in [0.5, 0.6) is 0 Å². The molecule has 0 radical (unpaired) electrons. The Kier molecular flexibility index (Phi) is 2.86. The lowest BCUT2D eigenvalue weighted by Crippen LogP contribution is -2.61. The van der Waals surface area contributed by atoms with Gasteiger partial charge in [-0.1, -0.05) is 13.3 Å². The Morgan fingerprint density at radius 1 is 1.38 bits per heavy atom. The summed E-state index contributed by atoms with van der Waals surface area (Å²) in [7, 11) is 0. The lowest BCUT2D eigenvalue weighted by Gasteiger charge is -2.44. The molecule has 2 aliphatic rings. The van der Waals surface area contributed by atoms with Crippen molar-refractivity contribution < 1.29 is 0 Å². The van der Waals surface area contributed by atoms with Crippen molar-refractivity contribution in [2.45, 2.75) is 38.4 Å². The van der Waals surface area contributed by atoms with Gasteiger partial charge in [0.2, 0.25) is 0 Å². The van der Waals surface area contributed by atoms with E-state index in [0.717, 1.165) is 25.0 Å². The van der Waals surface area contributed by atoms with Gasteiger partial charge >= 0.3 is 0 Å². The molecule has 2 aliphatic heterocycles. The van der Waals surface area contributed by atoms with E-state index in [9.17, 15) is 0 Å². The third-order valence-electron chi connectivity index (χ3n) is 3.54. The van der Waals surface area contributed by atoms with Gasteiger partial charge < -0.3 is 5.73 Å². The van der Waals surface area contributed by atoms with Gasteiger partial charge in [0.25, 0.3) is 0 Å². The standard InChI is InChI=1S/C10H21N3/c1-2-8-3-4-9-5-12-10(11)7-13(9)6-8/h8-10,12H,2-7,11H2,1H3. The summed E-state index contributed by atoms with van der Waals surface area (Å²) in [6, 6.07) is 0.766. The molecule has 0 bridgehead atoms. The Morgan fingerprint density at radius 3 is 3.00 bits per heavy atom. The molecule has 2 heterocycles. The van der Waals surface area contributed by atoms with Crippen molar-refractivity contribution in [1.29, 1.82) is 0 Å². The van der Waals surface area contributed by atoms with Gasteiger partial charge in [0, 0.05) is 25.7 Å². The second kappa shape index (κ2) is 3.95. The summed E-state index contributed by atoms with van der Waals surface area (Å²) in [4.78, 5) is 2.58. The van der Waals surface area contributed by atoms with Crippen molar-refractivity contribution in [2.75, 3.05) is 19.6 Å². The number of nitrogens with zero attached hydrogens (tertiary/aromatic N) is 1. The summed E-state index contributed by atoms with van der Waals surface area (Å²) in [6.07, 6.45) is 4.30. The van der Waals surface area contributed by atoms with Crippen LogP contribution in [-0.4, -0.2) is 36.7 Å². The smallest absolute Gasteiger partial charge is 0.0678 e. The van der Waals surface area contributed by atoms with Crippen molar-refractivity contribution in [3.8, 4) is 0 Å². The molecule has 0 saturated carbocycles. The van der Waals surface area contributed by atoms with E-state index < -0.39 is 0 Å². The Morgan fingerprint density at radius 2 is 2.23 bits per heavy atom. The highest BCUT2D eigenvalue weighted by Crippen LogP contribution is 2.25. The molecule has 0 aromatic rings. The van der Waals surface area contributed by atoms with E-state index in [-0.39, 0.29) is 6.17 Å². The fourth-order valence-electron chi connectivity index (χ4n) is 2.58. The van der Waals surface area contributed by atoms with Crippen LogP contribution in [0.3, 0.4) is 0 Å². The molecular formula is C10H21N3. The van der Waals surface area contributed by atoms with Crippen LogP contribution in [0.2, 0.25) is 0 Å². The molecular weight excluding hydrogens is 162 g/mol. The van der Waals surface area contributed by atoms with E-state index in [1.165, 1.54) is 25.8 Å². The number of piperazine rings is 1. The molecule has 2 saturated heterocycles. The Balaban J connectivity index is 1.91. The summed E-state index contributed by atoms with van der Waals surface area (Å²) in [5.74, 6) is 0.918. The highest BCUT2D eigenvalue weighted by molar-refractivity contribution is 4.88. The first kappa shape index (κ1) is 9.44. The maximum Gasteiger partial charge on any atom is 0.0678 e. The lowest BCUT2D eigenvalue weighted by atomic mass is 9.90. The van der Waals surface area contributed by atoms with E-state index in [1.54, 1.807) is 0 Å². The molecule has 2 rings (SSSR count). The molecule has 0 spiro atoms. The highest BCUT2D eigenvalue weighted by atomic mass is 15.3. The molecule has 0 aromatic heterocycles. The fourth-order valence-corrected chi connectivity index (χ4v) is 2.58. The quantitative estimate of drug-likeness (QED) is 0.617. The predicted octanol–water partition coefficient (Wildman–Crippen LogP) is 0.365. The van der Waals surface area contributed by atoms with E-state index >= 15 is 0 Å². The molecule has 0 aliphatic carbocycles. The van der Waals surface area contributed by atoms with Gasteiger partial charge in [-0.2, -0.15) is 0 Å². The van der Waals surface area contributed by atoms with Crippen LogP contribution < -0.4 is 11.1 Å². The molecule has 3 nitrogen and oxygen atoms in total. The zero-order chi connectivity index (χ0) is 9.26. The molecule has 3 heteroatoms. The van der Waals surface area contributed by atoms with Crippen LogP contribution in [0.4, 0.5) is 0 Å². The minimum absolute atomic E-state index is 0.201. The number of hydrogen-bond donors (Lipinski definition) is 2. The fraction of sp³-hybridized carbons (Fsp3) is 1.00. The van der Waals surface area contributed by atoms with Crippen molar-refractivity contribution in [1.82, 2.24) is 10.2 Å². The lowest BCUT2D eigenvalue weighted by molar-refractivity contribution is 0.0651. The molecule has 0 aromatic carbocycles. The monoisotopic (exact) mass is 183 g/mol. The minimum Gasteiger partial charge on any atom is -0.315 e. The van der Waals surface area contributed by atoms with Gasteiger partial charge in [-0.15, -0.1) is 0 Å². The van der Waals surface area contributed by atoms with E-state index in [4.69, 9.17) is 5.73 Å². The summed E-state index contributed by atoms with van der Waals surface area (Å²) >= 11 is 0. The van der Waals surface area contributed by atoms with Crippen LogP contribution in [0.25, 0.3) is 0 Å². The molecule has 13 heavy (non-hydrogen) atoms. The summed E-state index contributed by atoms with van der Waals surface area (Å²) in [6.45, 7) is 5.71. The number of nitrogens with one attached hydrogen (secondary N) is 1. The van der Waals surface area contributed by atoms with Gasteiger partial charge in [-0.05, 0) is 18.8 Å². The zero-order valence-electron chi connectivity index (χ0n) is 8.50. The maximum absolute atomic E-state index is 5.88. The first-order valence-electron chi connectivity index (χ1n) is 5.52. The normalized spacial score (nSPS) is 41.5. The van der Waals surface area contributed by atoms with Gasteiger partial charge in [0.15, 0.2) is 0 Å². The maximum atomic E-state index is 5.88. The summed E-state index contributed by atoms with van der Waals surface area (Å²) in [5.41, 5.74) is 5.88. The van der Waals surface area contributed by atoms with E-state index in [2.05, 4.69) is 17.1 Å². The van der Waals surface area contributed by atoms with Gasteiger partial charge in [-0.25, -0.2) is 0 Å². The zero-order valence-corrected chi connectivity index (χ0v) is 8.50. The number of piperidine rings is 1. The van der Waals surface area contributed by atoms with Crippen molar-refractivity contribution in [3.05, 3.63) is 0 Å². The second-order valence-corrected chi connectivity index (χ2v) is 4.47. The average molecular weight is 183 g/mol. The molecule has 2 fully saturated rings. The number of rotatable bonds is 1. The van der Waals surface area contributed by atoms with Crippen molar-refractivity contribution in [3.63, 3.8) is 0 Å². The number of hydrogen-bond acceptors (Lipinski definition) is 3. The number of nitrogens with two attached hydrogens (primary N) is 1. The van der Waals surface area contributed by atoms with Crippen LogP contribution in [0.1, 0.15) is 26.2 Å². The van der Waals surface area contributed by atoms with Crippen LogP contribution >= 0.6 is 0 Å². The van der Waals surface area contributed by atoms with E-state index in [1.807, 2.05) is 0 Å². The predicted molar refractivity (Wildman–Crippen MR) is 54.4 cm³/mol. The summed E-state index contributed by atoms with van der Waals surface area (Å²) in [5, 5.41) is 3.35. The molecule has 0 amide bonds. The van der Waals surface area contributed by atoms with E-state index in [0.29, 0.717) is 0 Å². The van der Waals surface area contributed by atoms with Crippen LogP contribution in [-0.2, 0) is 0 Å². The van der Waals surface area contributed by atoms with Gasteiger partial charge in [0.05, 0.1) is 6.17 Å². The van der Waals surface area contributed by atoms with Crippen LogP contribution in [0.15, 0.2) is 0 Å². The molecule has 3 atom stereocenters. The summed E-state index contributed by atoms with van der Waals surface area (Å²) < 4.78 is 0. The Hall–Kier alpha value is -0.120. The first-order chi connectivity index (χ1) is 6.29. The third kappa shape index (κ3) is 2.03. The van der Waals surface area contributed by atoms with Crippen LogP contribution in [0, 0.1) is 5.92 Å². The highest BCUT2D eigenvalue weighted by Gasteiger charge is 2.31. The van der Waals surface area contributed by atoms with Crippen molar-refractivity contribution >= 4 is 0 Å². The minimum atomic E-state index is 0.201. The second-order valence-electron chi connectivity index (χ2n) is 4.47. The average Bonchev–Trinajstić information content (AvgIpc) is 2.16. The Labute approximate surface area is 80.7 Å². The molecule has 3 unspecified atom stereocenters. The van der Waals surface area contributed by atoms with Gasteiger partial charge in [0.1, 0.15) is 0 Å². The van der Waals surface area contributed by atoms with Gasteiger partial charge in [-0.3, -0.25) is 10.2 Å². The Bertz CT molecular complexity index is 172. The third-order valence-corrected chi connectivity index (χ3v) is 3.54. The molecule has 3 N–H and O–H groups in total. The molecule has 76 valence electrons. The van der Waals surface area contributed by atoms with Crippen molar-refractivity contribution in [2.24, 2.45) is 11.7 Å². The SMILES string of the molecule is CCC1CCC2CNC(N)CN2C1.